The van der Waals surface area contributed by atoms with Gasteiger partial charge in [0.05, 0.1) is 4.90 Å². The van der Waals surface area contributed by atoms with Crippen molar-refractivity contribution in [3.05, 3.63) is 78.5 Å². The number of aromatic nitrogens is 1. The van der Waals surface area contributed by atoms with Gasteiger partial charge in [0.15, 0.2) is 0 Å². The Morgan fingerprint density at radius 3 is 2.53 bits per heavy atom. The third kappa shape index (κ3) is 4.63. The molecule has 1 amide bonds. The van der Waals surface area contributed by atoms with E-state index in [1.54, 1.807) is 30.3 Å². The van der Waals surface area contributed by atoms with Crippen LogP contribution in [0.15, 0.2) is 72.1 Å². The van der Waals surface area contributed by atoms with Crippen molar-refractivity contribution in [2.24, 2.45) is 0 Å². The summed E-state index contributed by atoms with van der Waals surface area (Å²) in [7, 11) is -0.552. The Balaban J connectivity index is 1.80. The smallest absolute Gasteiger partial charge is 0.267 e. The Morgan fingerprint density at radius 2 is 1.87 bits per heavy atom. The lowest BCUT2D eigenvalue weighted by Gasteiger charge is -2.12. The summed E-state index contributed by atoms with van der Waals surface area (Å²) in [4.78, 5) is 13.0. The van der Waals surface area contributed by atoms with Crippen molar-refractivity contribution in [2.75, 3.05) is 20.6 Å². The van der Waals surface area contributed by atoms with E-state index in [1.807, 2.05) is 22.8 Å². The average Bonchev–Trinajstić information content (AvgIpc) is 3.10. The number of sulfonamides is 1. The van der Waals surface area contributed by atoms with E-state index in [1.165, 1.54) is 24.0 Å². The van der Waals surface area contributed by atoms with Gasteiger partial charge < -0.3 is 9.88 Å². The second-order valence-electron chi connectivity index (χ2n) is 7.28. The van der Waals surface area contributed by atoms with Crippen molar-refractivity contribution in [1.82, 2.24) is 14.2 Å². The molecule has 1 N–H and O–H groups in total. The number of nitrogens with zero attached hydrogens (tertiary/aromatic N) is 2. The van der Waals surface area contributed by atoms with E-state index in [0.717, 1.165) is 18.4 Å². The Labute approximate surface area is 177 Å². The first-order chi connectivity index (χ1) is 14.3. The third-order valence-corrected chi connectivity index (χ3v) is 6.78. The van der Waals surface area contributed by atoms with Crippen LogP contribution in [0.1, 0.15) is 22.5 Å². The highest BCUT2D eigenvalue weighted by molar-refractivity contribution is 7.89. The molecule has 0 spiro atoms. The third-order valence-electron chi connectivity index (χ3n) is 4.97. The molecule has 0 bridgehead atoms. The van der Waals surface area contributed by atoms with E-state index in [4.69, 9.17) is 0 Å². The van der Waals surface area contributed by atoms with Crippen LogP contribution in [0.4, 0.5) is 0 Å². The first-order valence-electron chi connectivity index (χ1n) is 9.83. The maximum absolute atomic E-state index is 12.8. The SMILES string of the molecule is C=CCn1c(C(=O)NCCCc2ccccc2)cc2cc(S(=O)(=O)N(C)C)ccc21. The maximum atomic E-state index is 12.8. The molecule has 0 saturated heterocycles. The van der Waals surface area contributed by atoms with E-state index in [9.17, 15) is 13.2 Å². The number of aryl methyl sites for hydroxylation is 1. The number of nitrogens with one attached hydrogen (secondary N) is 1. The van der Waals surface area contributed by atoms with E-state index >= 15 is 0 Å². The van der Waals surface area contributed by atoms with Crippen LogP contribution in [-0.4, -0.2) is 43.8 Å². The largest absolute Gasteiger partial charge is 0.351 e. The van der Waals surface area contributed by atoms with Crippen LogP contribution in [0.25, 0.3) is 10.9 Å². The minimum atomic E-state index is -3.55. The molecule has 0 unspecified atom stereocenters. The van der Waals surface area contributed by atoms with Crippen LogP contribution < -0.4 is 5.32 Å². The van der Waals surface area contributed by atoms with Crippen LogP contribution in [0.2, 0.25) is 0 Å². The summed E-state index contributed by atoms with van der Waals surface area (Å²) in [5, 5.41) is 3.67. The number of hydrogen-bond acceptors (Lipinski definition) is 3. The van der Waals surface area contributed by atoms with Gasteiger partial charge in [-0.15, -0.1) is 6.58 Å². The van der Waals surface area contributed by atoms with Crippen molar-refractivity contribution < 1.29 is 13.2 Å². The molecule has 0 saturated carbocycles. The highest BCUT2D eigenvalue weighted by atomic mass is 32.2. The number of allylic oxidation sites excluding steroid dienone is 1. The fourth-order valence-electron chi connectivity index (χ4n) is 3.36. The van der Waals surface area contributed by atoms with Gasteiger partial charge in [0.25, 0.3) is 5.91 Å². The van der Waals surface area contributed by atoms with Gasteiger partial charge >= 0.3 is 0 Å². The van der Waals surface area contributed by atoms with Crippen molar-refractivity contribution in [2.45, 2.75) is 24.3 Å². The summed E-state index contributed by atoms with van der Waals surface area (Å²) < 4.78 is 27.9. The Bertz CT molecular complexity index is 1150. The maximum Gasteiger partial charge on any atom is 0.267 e. The molecule has 1 heterocycles. The van der Waals surface area contributed by atoms with E-state index in [-0.39, 0.29) is 10.8 Å². The summed E-state index contributed by atoms with van der Waals surface area (Å²) in [6.45, 7) is 4.79. The summed E-state index contributed by atoms with van der Waals surface area (Å²) in [6.07, 6.45) is 3.45. The molecule has 0 radical (unpaired) electrons. The number of amides is 1. The quantitative estimate of drug-likeness (QED) is 0.422. The van der Waals surface area contributed by atoms with Crippen LogP contribution in [0.5, 0.6) is 0 Å². The zero-order chi connectivity index (χ0) is 21.7. The normalized spacial score (nSPS) is 11.7. The molecular weight excluding hydrogens is 398 g/mol. The molecule has 0 fully saturated rings. The number of carbonyl (C=O) groups is 1. The highest BCUT2D eigenvalue weighted by Gasteiger charge is 2.20. The van der Waals surface area contributed by atoms with Gasteiger partial charge in [0.1, 0.15) is 5.69 Å². The second kappa shape index (κ2) is 9.28. The molecule has 0 atom stereocenters. The summed E-state index contributed by atoms with van der Waals surface area (Å²) in [6, 6.07) is 16.8. The zero-order valence-electron chi connectivity index (χ0n) is 17.3. The van der Waals surface area contributed by atoms with Gasteiger partial charge in [0, 0.05) is 38.1 Å². The van der Waals surface area contributed by atoms with Gasteiger partial charge in [0.2, 0.25) is 10.0 Å². The Hall–Kier alpha value is -2.90. The van der Waals surface area contributed by atoms with Crippen LogP contribution in [0, 0.1) is 0 Å². The van der Waals surface area contributed by atoms with Gasteiger partial charge in [-0.05, 0) is 42.7 Å². The summed E-state index contributed by atoms with van der Waals surface area (Å²) in [5.74, 6) is -0.182. The fraction of sp³-hybridized carbons (Fsp3) is 0.261. The lowest BCUT2D eigenvalue weighted by atomic mass is 10.1. The molecule has 158 valence electrons. The van der Waals surface area contributed by atoms with E-state index < -0.39 is 10.0 Å². The molecule has 3 rings (SSSR count). The molecule has 0 aliphatic carbocycles. The second-order valence-corrected chi connectivity index (χ2v) is 9.43. The predicted octanol–water partition coefficient (Wildman–Crippen LogP) is 3.44. The summed E-state index contributed by atoms with van der Waals surface area (Å²) >= 11 is 0. The monoisotopic (exact) mass is 425 g/mol. The standard InChI is InChI=1S/C23H27N3O3S/c1-4-15-26-21-13-12-20(30(28,29)25(2)3)16-19(21)17-22(26)23(27)24-14-8-11-18-9-6-5-7-10-18/h4-7,9-10,12-13,16-17H,1,8,11,14-15H2,2-3H3,(H,24,27). The molecule has 0 aliphatic heterocycles. The number of rotatable bonds is 9. The van der Waals surface area contributed by atoms with Crippen molar-refractivity contribution >= 4 is 26.8 Å². The lowest BCUT2D eigenvalue weighted by Crippen LogP contribution is -2.27. The molecular formula is C23H27N3O3S. The lowest BCUT2D eigenvalue weighted by molar-refractivity contribution is 0.0945. The Kier molecular flexibility index (Phi) is 6.74. The first kappa shape index (κ1) is 21.8. The first-order valence-corrected chi connectivity index (χ1v) is 11.3. The van der Waals surface area contributed by atoms with Crippen molar-refractivity contribution in [1.29, 1.82) is 0 Å². The topological polar surface area (TPSA) is 71.4 Å². The van der Waals surface area contributed by atoms with Crippen LogP contribution >= 0.6 is 0 Å². The zero-order valence-corrected chi connectivity index (χ0v) is 18.2. The van der Waals surface area contributed by atoms with Gasteiger partial charge in [-0.25, -0.2) is 12.7 Å². The fourth-order valence-corrected chi connectivity index (χ4v) is 4.30. The molecule has 3 aromatic rings. The van der Waals surface area contributed by atoms with Crippen molar-refractivity contribution in [3.63, 3.8) is 0 Å². The highest BCUT2D eigenvalue weighted by Crippen LogP contribution is 2.25. The minimum absolute atomic E-state index is 0.182. The van der Waals surface area contributed by atoms with Gasteiger partial charge in [-0.1, -0.05) is 36.4 Å². The number of benzene rings is 2. The molecule has 2 aromatic carbocycles. The van der Waals surface area contributed by atoms with Crippen molar-refractivity contribution in [3.8, 4) is 0 Å². The molecule has 30 heavy (non-hydrogen) atoms. The molecule has 6 nitrogen and oxygen atoms in total. The van der Waals surface area contributed by atoms with Crippen LogP contribution in [-0.2, 0) is 23.0 Å². The molecule has 7 heteroatoms. The molecule has 0 aliphatic rings. The predicted molar refractivity (Wildman–Crippen MR) is 120 cm³/mol. The number of carbonyl (C=O) groups excluding carboxylic acids is 1. The van der Waals surface area contributed by atoms with Gasteiger partial charge in [-0.3, -0.25) is 4.79 Å². The average molecular weight is 426 g/mol. The number of fused-ring (bicyclic) bond motifs is 1. The number of hydrogen-bond donors (Lipinski definition) is 1. The van der Waals surface area contributed by atoms with Crippen LogP contribution in [0.3, 0.4) is 0 Å². The van der Waals surface area contributed by atoms with E-state index in [2.05, 4.69) is 24.0 Å². The van der Waals surface area contributed by atoms with E-state index in [0.29, 0.717) is 24.2 Å². The van der Waals surface area contributed by atoms with Gasteiger partial charge in [-0.2, -0.15) is 0 Å². The summed E-state index contributed by atoms with van der Waals surface area (Å²) in [5.41, 5.74) is 2.52. The Morgan fingerprint density at radius 1 is 1.13 bits per heavy atom. The molecule has 1 aromatic heterocycles. The minimum Gasteiger partial charge on any atom is -0.351 e.